The van der Waals surface area contributed by atoms with Gasteiger partial charge in [-0.25, -0.2) is 0 Å². The number of nitrogens with zero attached hydrogens (tertiary/aromatic N) is 2. The molecule has 0 aromatic heterocycles. The van der Waals surface area contributed by atoms with Crippen LogP contribution in [0.3, 0.4) is 0 Å². The van der Waals surface area contributed by atoms with Crippen molar-refractivity contribution in [3.05, 3.63) is 90.5 Å². The predicted molar refractivity (Wildman–Crippen MR) is 182 cm³/mol. The van der Waals surface area contributed by atoms with Gasteiger partial charge in [0.1, 0.15) is 18.2 Å². The first-order valence-electron chi connectivity index (χ1n) is 16.6. The monoisotopic (exact) mass is 677 g/mol. The lowest BCUT2D eigenvalue weighted by Crippen LogP contribution is -2.56. The number of amides is 3. The van der Waals surface area contributed by atoms with E-state index in [0.29, 0.717) is 49.2 Å². The molecule has 2 aromatic carbocycles. The maximum absolute atomic E-state index is 14.7. The number of nitrogens with one attached hydrogen (secondary N) is 1. The molecule has 11 heteroatoms. The van der Waals surface area contributed by atoms with E-state index in [2.05, 4.69) is 18.5 Å². The van der Waals surface area contributed by atoms with E-state index in [-0.39, 0.29) is 44.5 Å². The van der Waals surface area contributed by atoms with Crippen LogP contribution in [0.1, 0.15) is 56.6 Å². The van der Waals surface area contributed by atoms with Crippen LogP contribution in [0.15, 0.2) is 79.9 Å². The second-order valence-electron chi connectivity index (χ2n) is 12.5. The molecular formula is C37H44ClN3O7. The van der Waals surface area contributed by atoms with Gasteiger partial charge in [0.25, 0.3) is 5.91 Å². The molecule has 3 fully saturated rings. The fourth-order valence-electron chi connectivity index (χ4n) is 7.44. The van der Waals surface area contributed by atoms with E-state index in [1.54, 1.807) is 41.3 Å². The van der Waals surface area contributed by atoms with Gasteiger partial charge < -0.3 is 29.7 Å². The summed E-state index contributed by atoms with van der Waals surface area (Å²) in [5.74, 6) is -3.18. The van der Waals surface area contributed by atoms with Crippen molar-refractivity contribution in [2.24, 2.45) is 11.8 Å². The number of halogens is 1. The summed E-state index contributed by atoms with van der Waals surface area (Å²) in [5.41, 5.74) is 0.0294. The number of benzene rings is 2. The lowest BCUT2D eigenvalue weighted by Gasteiger charge is -2.37. The van der Waals surface area contributed by atoms with E-state index >= 15 is 0 Å². The molecule has 48 heavy (non-hydrogen) atoms. The average Bonchev–Trinajstić information content (AvgIpc) is 3.74. The third-order valence-electron chi connectivity index (χ3n) is 9.60. The number of carbonyl (C=O) groups excluding carboxylic acids is 4. The van der Waals surface area contributed by atoms with Crippen LogP contribution in [0.2, 0.25) is 5.02 Å². The number of esters is 1. The Kier molecular flexibility index (Phi) is 11.7. The number of unbranched alkanes of at least 4 members (excludes halogenated alkanes) is 2. The summed E-state index contributed by atoms with van der Waals surface area (Å²) in [6.45, 7) is 7.86. The molecule has 0 aliphatic carbocycles. The van der Waals surface area contributed by atoms with Gasteiger partial charge >= 0.3 is 5.97 Å². The van der Waals surface area contributed by atoms with Gasteiger partial charge in [-0.15, -0.1) is 13.2 Å². The highest BCUT2D eigenvalue weighted by atomic mass is 35.5. The molecule has 5 rings (SSSR count). The standard InChI is InChI=1S/C37H44ClN3O7/c1-3-5-18-30(43)47-24-27(25-14-8-6-9-15-25)39-34(44)31-29-19-20-37(48-29)32(31)35(45)41(22-12-7-13-23-42)33(37)36(46)40(21-4-2)28-17-11-10-16-26(28)38/h3-4,6,8-11,14-17,27,29,31-33,42H,1-2,5,7,12-13,18-24H2,(H,39,44)/t27-,29+,31-,32-,33+,37-/m1/s1. The molecule has 2 bridgehead atoms. The van der Waals surface area contributed by atoms with Crippen molar-refractivity contribution in [1.29, 1.82) is 0 Å². The van der Waals surface area contributed by atoms with Crippen molar-refractivity contribution in [3.8, 4) is 0 Å². The zero-order valence-electron chi connectivity index (χ0n) is 27.1. The summed E-state index contributed by atoms with van der Waals surface area (Å²) in [5, 5.41) is 12.8. The molecule has 3 heterocycles. The smallest absolute Gasteiger partial charge is 0.306 e. The zero-order chi connectivity index (χ0) is 34.3. The third-order valence-corrected chi connectivity index (χ3v) is 9.92. The summed E-state index contributed by atoms with van der Waals surface area (Å²) in [6, 6.07) is 14.6. The molecule has 0 radical (unpaired) electrons. The number of para-hydroxylation sites is 1. The lowest BCUT2D eigenvalue weighted by atomic mass is 9.70. The van der Waals surface area contributed by atoms with Gasteiger partial charge in [-0.3, -0.25) is 19.2 Å². The quantitative estimate of drug-likeness (QED) is 0.141. The second kappa shape index (κ2) is 15.9. The van der Waals surface area contributed by atoms with Crippen molar-refractivity contribution in [3.63, 3.8) is 0 Å². The Balaban J connectivity index is 1.45. The molecule has 6 atom stereocenters. The summed E-state index contributed by atoms with van der Waals surface area (Å²) >= 11 is 6.56. The van der Waals surface area contributed by atoms with Crippen molar-refractivity contribution >= 4 is 41.0 Å². The SMILES string of the molecule is C=CCCC(=O)OC[C@@H](NC(=O)[C@@H]1[C@@H]2CC[C@]3(O2)[C@H](C(=O)N(CC=C)c2ccccc2Cl)N(CCCCCO)C(=O)[C@@H]13)c1ccccc1. The van der Waals surface area contributed by atoms with Crippen molar-refractivity contribution < 1.29 is 33.8 Å². The summed E-state index contributed by atoms with van der Waals surface area (Å²) in [4.78, 5) is 58.8. The molecule has 3 aliphatic heterocycles. The number of hydrogen-bond donors (Lipinski definition) is 2. The van der Waals surface area contributed by atoms with Gasteiger partial charge in [0.2, 0.25) is 11.8 Å². The highest BCUT2D eigenvalue weighted by Crippen LogP contribution is 2.59. The minimum Gasteiger partial charge on any atom is -0.463 e. The number of anilines is 1. The highest BCUT2D eigenvalue weighted by Gasteiger charge is 2.74. The molecule has 2 aromatic rings. The van der Waals surface area contributed by atoms with Crippen molar-refractivity contribution in [1.82, 2.24) is 10.2 Å². The first-order chi connectivity index (χ1) is 23.3. The zero-order valence-corrected chi connectivity index (χ0v) is 27.9. The first kappa shape index (κ1) is 35.3. The van der Waals surface area contributed by atoms with Gasteiger partial charge in [0.05, 0.1) is 34.7 Å². The Morgan fingerprint density at radius 1 is 1.10 bits per heavy atom. The maximum Gasteiger partial charge on any atom is 0.306 e. The number of rotatable bonds is 17. The van der Waals surface area contributed by atoms with E-state index in [1.807, 2.05) is 30.3 Å². The molecule has 2 N–H and O–H groups in total. The molecular weight excluding hydrogens is 634 g/mol. The van der Waals surface area contributed by atoms with Gasteiger partial charge in [-0.2, -0.15) is 0 Å². The van der Waals surface area contributed by atoms with Gasteiger partial charge in [-0.1, -0.05) is 66.2 Å². The highest BCUT2D eigenvalue weighted by molar-refractivity contribution is 6.34. The number of fused-ring (bicyclic) bond motifs is 1. The molecule has 256 valence electrons. The molecule has 1 spiro atoms. The fourth-order valence-corrected chi connectivity index (χ4v) is 7.68. The van der Waals surface area contributed by atoms with Crippen LogP contribution in [-0.4, -0.2) is 77.7 Å². The molecule has 3 saturated heterocycles. The summed E-state index contributed by atoms with van der Waals surface area (Å²) in [7, 11) is 0. The van der Waals surface area contributed by atoms with Crippen LogP contribution < -0.4 is 10.2 Å². The molecule has 3 aliphatic rings. The first-order valence-corrected chi connectivity index (χ1v) is 17.0. The van der Waals surface area contributed by atoms with Crippen molar-refractivity contribution in [2.75, 3.05) is 31.2 Å². The van der Waals surface area contributed by atoms with Crippen LogP contribution in [0.4, 0.5) is 5.69 Å². The number of aliphatic hydroxyl groups excluding tert-OH is 1. The van der Waals surface area contributed by atoms with Crippen LogP contribution in [-0.2, 0) is 28.7 Å². The number of hydrogen-bond acceptors (Lipinski definition) is 7. The maximum atomic E-state index is 14.7. The number of aliphatic hydroxyl groups is 1. The minimum atomic E-state index is -1.21. The van der Waals surface area contributed by atoms with Crippen LogP contribution in [0, 0.1) is 11.8 Å². The average molecular weight is 678 g/mol. The van der Waals surface area contributed by atoms with E-state index in [9.17, 15) is 24.3 Å². The largest absolute Gasteiger partial charge is 0.463 e. The van der Waals surface area contributed by atoms with Gasteiger partial charge in [-0.05, 0) is 56.2 Å². The normalized spacial score (nSPS) is 24.5. The van der Waals surface area contributed by atoms with Crippen molar-refractivity contribution in [2.45, 2.75) is 68.7 Å². The van der Waals surface area contributed by atoms with E-state index in [0.717, 1.165) is 5.56 Å². The molecule has 0 unspecified atom stereocenters. The number of carbonyl (C=O) groups is 4. The lowest BCUT2D eigenvalue weighted by molar-refractivity contribution is -0.146. The van der Waals surface area contributed by atoms with E-state index in [1.165, 1.54) is 4.90 Å². The Morgan fingerprint density at radius 2 is 1.85 bits per heavy atom. The van der Waals surface area contributed by atoms with Gasteiger partial charge in [0, 0.05) is 26.1 Å². The molecule has 3 amide bonds. The Morgan fingerprint density at radius 3 is 2.56 bits per heavy atom. The number of ether oxygens (including phenoxy) is 2. The van der Waals surface area contributed by atoms with Gasteiger partial charge in [0.15, 0.2) is 0 Å². The number of likely N-dealkylation sites (tertiary alicyclic amines) is 1. The summed E-state index contributed by atoms with van der Waals surface area (Å²) in [6.07, 6.45) is 6.08. The molecule has 0 saturated carbocycles. The number of allylic oxidation sites excluding steroid dienone is 1. The Labute approximate surface area is 286 Å². The van der Waals surface area contributed by atoms with E-state index < -0.39 is 47.5 Å². The fraction of sp³-hybridized carbons (Fsp3) is 0.459. The topological polar surface area (TPSA) is 125 Å². The van der Waals surface area contributed by atoms with E-state index in [4.69, 9.17) is 21.1 Å². The van der Waals surface area contributed by atoms with Crippen LogP contribution >= 0.6 is 11.6 Å². The predicted octanol–water partition coefficient (Wildman–Crippen LogP) is 4.76. The summed E-state index contributed by atoms with van der Waals surface area (Å²) < 4.78 is 12.2. The second-order valence-corrected chi connectivity index (χ2v) is 13.0. The van der Waals surface area contributed by atoms with Crippen LogP contribution in [0.5, 0.6) is 0 Å². The minimum absolute atomic E-state index is 0.0294. The third kappa shape index (κ3) is 7.06. The Hall–Kier alpha value is -3.99. The molecule has 10 nitrogen and oxygen atoms in total. The van der Waals surface area contributed by atoms with Crippen LogP contribution in [0.25, 0.3) is 0 Å². The Bertz CT molecular complexity index is 1500.